The summed E-state index contributed by atoms with van der Waals surface area (Å²) in [5, 5.41) is 14.2. The van der Waals surface area contributed by atoms with Crippen LogP contribution in [0.1, 0.15) is 19.3 Å². The van der Waals surface area contributed by atoms with E-state index in [1.165, 1.54) is 0 Å². The molecule has 0 saturated carbocycles. The minimum atomic E-state index is -0.879. The Morgan fingerprint density at radius 1 is 1.33 bits per heavy atom. The van der Waals surface area contributed by atoms with Crippen molar-refractivity contribution in [2.75, 3.05) is 19.6 Å². The Bertz CT molecular complexity index is 217. The summed E-state index contributed by atoms with van der Waals surface area (Å²) in [5.41, 5.74) is 0. The van der Waals surface area contributed by atoms with E-state index in [1.807, 2.05) is 0 Å². The van der Waals surface area contributed by atoms with Gasteiger partial charge in [0.05, 0.1) is 6.42 Å². The van der Waals surface area contributed by atoms with Gasteiger partial charge in [0, 0.05) is 12.5 Å². The molecule has 1 rings (SSSR count). The van der Waals surface area contributed by atoms with E-state index >= 15 is 0 Å². The SMILES string of the molecule is Cl.O=C(O)CCNC(=O)C1CCNCC1. The average molecular weight is 237 g/mol. The molecule has 1 amide bonds. The molecule has 3 N–H and O–H groups in total. The van der Waals surface area contributed by atoms with E-state index in [4.69, 9.17) is 5.11 Å². The highest BCUT2D eigenvalue weighted by Gasteiger charge is 2.20. The third-order valence-electron chi connectivity index (χ3n) is 2.35. The normalized spacial score (nSPS) is 16.5. The number of carbonyl (C=O) groups is 2. The molecule has 0 atom stereocenters. The number of rotatable bonds is 4. The van der Waals surface area contributed by atoms with E-state index < -0.39 is 5.97 Å². The molecule has 0 aromatic heterocycles. The molecule has 0 radical (unpaired) electrons. The monoisotopic (exact) mass is 236 g/mol. The lowest BCUT2D eigenvalue weighted by molar-refractivity contribution is -0.137. The number of aliphatic carboxylic acids is 1. The van der Waals surface area contributed by atoms with Gasteiger partial charge in [-0.1, -0.05) is 0 Å². The number of halogens is 1. The van der Waals surface area contributed by atoms with Gasteiger partial charge in [-0.2, -0.15) is 0 Å². The van der Waals surface area contributed by atoms with E-state index in [-0.39, 0.29) is 37.2 Å². The number of carboxylic acids is 1. The van der Waals surface area contributed by atoms with Crippen LogP contribution in [-0.2, 0) is 9.59 Å². The molecule has 1 saturated heterocycles. The average Bonchev–Trinajstić information content (AvgIpc) is 2.18. The molecule has 88 valence electrons. The van der Waals surface area contributed by atoms with E-state index in [2.05, 4.69) is 10.6 Å². The summed E-state index contributed by atoms with van der Waals surface area (Å²) in [5.74, 6) is -0.826. The minimum absolute atomic E-state index is 0. The third kappa shape index (κ3) is 5.59. The number of nitrogens with one attached hydrogen (secondary N) is 2. The van der Waals surface area contributed by atoms with Crippen molar-refractivity contribution in [3.63, 3.8) is 0 Å². The van der Waals surface area contributed by atoms with Crippen LogP contribution >= 0.6 is 12.4 Å². The number of carbonyl (C=O) groups excluding carboxylic acids is 1. The number of hydrogen-bond donors (Lipinski definition) is 3. The molecule has 5 nitrogen and oxygen atoms in total. The molecule has 0 spiro atoms. The van der Waals surface area contributed by atoms with E-state index in [1.54, 1.807) is 0 Å². The lowest BCUT2D eigenvalue weighted by Gasteiger charge is -2.21. The molecule has 1 fully saturated rings. The first-order valence-corrected chi connectivity index (χ1v) is 4.90. The Kier molecular flexibility index (Phi) is 7.07. The molecule has 0 unspecified atom stereocenters. The zero-order valence-corrected chi connectivity index (χ0v) is 9.31. The number of piperidine rings is 1. The van der Waals surface area contributed by atoms with Gasteiger partial charge in [0.15, 0.2) is 0 Å². The predicted octanol–water partition coefficient (Wildman–Crippen LogP) is -0.00130. The second kappa shape index (κ2) is 7.48. The Morgan fingerprint density at radius 2 is 1.93 bits per heavy atom. The van der Waals surface area contributed by atoms with Crippen LogP contribution < -0.4 is 10.6 Å². The quantitative estimate of drug-likeness (QED) is 0.642. The fraction of sp³-hybridized carbons (Fsp3) is 0.778. The van der Waals surface area contributed by atoms with Crippen LogP contribution in [-0.4, -0.2) is 36.6 Å². The van der Waals surface area contributed by atoms with Crippen LogP contribution in [0.15, 0.2) is 0 Å². The Balaban J connectivity index is 0.00000196. The summed E-state index contributed by atoms with van der Waals surface area (Å²) >= 11 is 0. The number of hydrogen-bond acceptors (Lipinski definition) is 3. The van der Waals surface area contributed by atoms with Crippen molar-refractivity contribution in [2.45, 2.75) is 19.3 Å². The van der Waals surface area contributed by atoms with E-state index in [9.17, 15) is 9.59 Å². The molecule has 0 aliphatic carbocycles. The smallest absolute Gasteiger partial charge is 0.305 e. The molecule has 1 aliphatic rings. The van der Waals surface area contributed by atoms with Gasteiger partial charge in [-0.25, -0.2) is 0 Å². The Hall–Kier alpha value is -0.810. The topological polar surface area (TPSA) is 78.4 Å². The molecular formula is C9H17ClN2O3. The van der Waals surface area contributed by atoms with Crippen LogP contribution in [0.2, 0.25) is 0 Å². The fourth-order valence-electron chi connectivity index (χ4n) is 1.52. The largest absolute Gasteiger partial charge is 0.481 e. The molecule has 1 aliphatic heterocycles. The standard InChI is InChI=1S/C9H16N2O3.ClH/c12-8(13)3-6-11-9(14)7-1-4-10-5-2-7;/h7,10H,1-6H2,(H,11,14)(H,12,13);1H. The highest BCUT2D eigenvalue weighted by Crippen LogP contribution is 2.10. The van der Waals surface area contributed by atoms with Gasteiger partial charge in [0.25, 0.3) is 0 Å². The molecule has 0 aromatic rings. The summed E-state index contributed by atoms with van der Waals surface area (Å²) in [6, 6.07) is 0. The summed E-state index contributed by atoms with van der Waals surface area (Å²) in [7, 11) is 0. The highest BCUT2D eigenvalue weighted by atomic mass is 35.5. The van der Waals surface area contributed by atoms with Crippen molar-refractivity contribution >= 4 is 24.3 Å². The maximum atomic E-state index is 11.4. The van der Waals surface area contributed by atoms with Crippen LogP contribution in [0.25, 0.3) is 0 Å². The van der Waals surface area contributed by atoms with Crippen molar-refractivity contribution in [2.24, 2.45) is 5.92 Å². The van der Waals surface area contributed by atoms with Gasteiger partial charge in [-0.05, 0) is 25.9 Å². The summed E-state index contributed by atoms with van der Waals surface area (Å²) in [6.07, 6.45) is 1.69. The summed E-state index contributed by atoms with van der Waals surface area (Å²) < 4.78 is 0. The van der Waals surface area contributed by atoms with Gasteiger partial charge in [0.1, 0.15) is 0 Å². The van der Waals surface area contributed by atoms with Gasteiger partial charge >= 0.3 is 5.97 Å². The maximum Gasteiger partial charge on any atom is 0.305 e. The third-order valence-corrected chi connectivity index (χ3v) is 2.35. The molecule has 0 bridgehead atoms. The zero-order chi connectivity index (χ0) is 10.4. The Morgan fingerprint density at radius 3 is 2.47 bits per heavy atom. The second-order valence-electron chi connectivity index (χ2n) is 3.46. The van der Waals surface area contributed by atoms with Crippen molar-refractivity contribution in [3.05, 3.63) is 0 Å². The molecule has 1 heterocycles. The van der Waals surface area contributed by atoms with Crippen LogP contribution in [0.4, 0.5) is 0 Å². The lowest BCUT2D eigenvalue weighted by Crippen LogP contribution is -2.38. The molecular weight excluding hydrogens is 220 g/mol. The number of carboxylic acid groups (broad SMARTS) is 1. The molecule has 15 heavy (non-hydrogen) atoms. The highest BCUT2D eigenvalue weighted by molar-refractivity contribution is 5.85. The summed E-state index contributed by atoms with van der Waals surface area (Å²) in [6.45, 7) is 1.98. The van der Waals surface area contributed by atoms with Gasteiger partial charge in [-0.15, -0.1) is 12.4 Å². The maximum absolute atomic E-state index is 11.4. The zero-order valence-electron chi connectivity index (χ0n) is 8.49. The van der Waals surface area contributed by atoms with Gasteiger partial charge in [-0.3, -0.25) is 9.59 Å². The van der Waals surface area contributed by atoms with Crippen molar-refractivity contribution in [3.8, 4) is 0 Å². The van der Waals surface area contributed by atoms with Crippen LogP contribution in [0.3, 0.4) is 0 Å². The van der Waals surface area contributed by atoms with Crippen molar-refractivity contribution < 1.29 is 14.7 Å². The van der Waals surface area contributed by atoms with Gasteiger partial charge in [0.2, 0.25) is 5.91 Å². The predicted molar refractivity (Wildman–Crippen MR) is 58.1 cm³/mol. The minimum Gasteiger partial charge on any atom is -0.481 e. The first kappa shape index (κ1) is 14.2. The fourth-order valence-corrected chi connectivity index (χ4v) is 1.52. The van der Waals surface area contributed by atoms with Crippen molar-refractivity contribution in [1.29, 1.82) is 0 Å². The first-order chi connectivity index (χ1) is 6.70. The second-order valence-corrected chi connectivity index (χ2v) is 3.46. The lowest BCUT2D eigenvalue weighted by atomic mass is 9.97. The van der Waals surface area contributed by atoms with E-state index in [0.29, 0.717) is 0 Å². The van der Waals surface area contributed by atoms with Crippen molar-refractivity contribution in [1.82, 2.24) is 10.6 Å². The molecule has 6 heteroatoms. The van der Waals surface area contributed by atoms with E-state index in [0.717, 1.165) is 25.9 Å². The summed E-state index contributed by atoms with van der Waals surface area (Å²) in [4.78, 5) is 21.6. The van der Waals surface area contributed by atoms with Gasteiger partial charge < -0.3 is 15.7 Å². The Labute approximate surface area is 95.0 Å². The molecule has 0 aromatic carbocycles. The first-order valence-electron chi connectivity index (χ1n) is 4.90. The van der Waals surface area contributed by atoms with Crippen LogP contribution in [0, 0.1) is 5.92 Å². The van der Waals surface area contributed by atoms with Crippen LogP contribution in [0.5, 0.6) is 0 Å². The number of amides is 1.